The zero-order valence-electron chi connectivity index (χ0n) is 17.2. The summed E-state index contributed by atoms with van der Waals surface area (Å²) in [6, 6.07) is 10.7. The zero-order chi connectivity index (χ0) is 20.3. The maximum atomic E-state index is 14.1. The molecule has 0 radical (unpaired) electrons. The molecule has 0 bridgehead atoms. The molecule has 0 saturated carbocycles. The summed E-state index contributed by atoms with van der Waals surface area (Å²) >= 11 is 1.35. The molecule has 3 rings (SSSR count). The van der Waals surface area contributed by atoms with Crippen molar-refractivity contribution in [2.24, 2.45) is 0 Å². The van der Waals surface area contributed by atoms with Gasteiger partial charge in [-0.05, 0) is 51.2 Å². The van der Waals surface area contributed by atoms with Gasteiger partial charge in [0, 0.05) is 18.7 Å². The molecule has 3 aromatic rings. The quantitative estimate of drug-likeness (QED) is 0.494. The molecule has 0 N–H and O–H groups in total. The van der Waals surface area contributed by atoms with Gasteiger partial charge in [0.1, 0.15) is 11.3 Å². The Morgan fingerprint density at radius 1 is 1.07 bits per heavy atom. The van der Waals surface area contributed by atoms with Gasteiger partial charge in [-0.1, -0.05) is 48.4 Å². The molecule has 0 spiro atoms. The summed E-state index contributed by atoms with van der Waals surface area (Å²) in [4.78, 5) is 21.8. The van der Waals surface area contributed by atoms with E-state index in [9.17, 15) is 9.18 Å². The van der Waals surface area contributed by atoms with Crippen molar-refractivity contribution >= 4 is 45.0 Å². The van der Waals surface area contributed by atoms with E-state index < -0.39 is 0 Å². The summed E-state index contributed by atoms with van der Waals surface area (Å²) in [5.41, 5.74) is 3.05. The van der Waals surface area contributed by atoms with Crippen molar-refractivity contribution in [2.75, 3.05) is 31.1 Å². The maximum absolute atomic E-state index is 14.1. The van der Waals surface area contributed by atoms with Gasteiger partial charge < -0.3 is 4.90 Å². The smallest absolute Gasteiger partial charge is 0.260 e. The fourth-order valence-corrected chi connectivity index (χ4v) is 4.34. The first kappa shape index (κ1) is 23.3. The van der Waals surface area contributed by atoms with E-state index in [-0.39, 0.29) is 24.1 Å². The number of aryl methyl sites for hydroxylation is 2. The summed E-state index contributed by atoms with van der Waals surface area (Å²) in [7, 11) is 0. The Labute approximate surface area is 181 Å². The average molecular weight is 436 g/mol. The van der Waals surface area contributed by atoms with Crippen LogP contribution in [0, 0.1) is 19.7 Å². The first-order valence-electron chi connectivity index (χ1n) is 9.60. The Balaban J connectivity index is 0.00000300. The number of hydrogen-bond donors (Lipinski definition) is 0. The SMILES string of the molecule is CCN(CC)CCN(C(=O)c1cc(C)cc(C)c1)c1nc2c(F)cccc2s1.Cl. The number of benzene rings is 2. The third-order valence-corrected chi connectivity index (χ3v) is 5.88. The van der Waals surface area contributed by atoms with Crippen LogP contribution in [-0.4, -0.2) is 42.0 Å². The highest BCUT2D eigenvalue weighted by Crippen LogP contribution is 2.31. The minimum atomic E-state index is -0.359. The molecule has 0 unspecified atom stereocenters. The molecule has 7 heteroatoms. The van der Waals surface area contributed by atoms with Crippen molar-refractivity contribution in [3.63, 3.8) is 0 Å². The molecule has 0 aliphatic rings. The number of thiazole rings is 1. The van der Waals surface area contributed by atoms with Crippen LogP contribution in [0.4, 0.5) is 9.52 Å². The number of fused-ring (bicyclic) bond motifs is 1. The van der Waals surface area contributed by atoms with Gasteiger partial charge in [0.15, 0.2) is 5.13 Å². The molecule has 4 nitrogen and oxygen atoms in total. The van der Waals surface area contributed by atoms with Gasteiger partial charge in [-0.2, -0.15) is 0 Å². The maximum Gasteiger partial charge on any atom is 0.260 e. The Morgan fingerprint density at radius 3 is 2.31 bits per heavy atom. The van der Waals surface area contributed by atoms with E-state index in [2.05, 4.69) is 23.7 Å². The Kier molecular flexibility index (Phi) is 8.14. The van der Waals surface area contributed by atoms with Crippen molar-refractivity contribution in [3.05, 3.63) is 58.9 Å². The number of nitrogens with zero attached hydrogens (tertiary/aromatic N) is 3. The number of likely N-dealkylation sites (N-methyl/N-ethyl adjacent to an activating group) is 1. The highest BCUT2D eigenvalue weighted by Gasteiger charge is 2.23. The lowest BCUT2D eigenvalue weighted by atomic mass is 10.1. The minimum Gasteiger partial charge on any atom is -0.302 e. The van der Waals surface area contributed by atoms with Crippen molar-refractivity contribution in [1.29, 1.82) is 0 Å². The van der Waals surface area contributed by atoms with Gasteiger partial charge in [0.05, 0.1) is 4.70 Å². The number of anilines is 1. The van der Waals surface area contributed by atoms with Gasteiger partial charge >= 0.3 is 0 Å². The summed E-state index contributed by atoms with van der Waals surface area (Å²) < 4.78 is 14.9. The largest absolute Gasteiger partial charge is 0.302 e. The molecule has 0 aliphatic heterocycles. The van der Waals surface area contributed by atoms with Gasteiger partial charge in [-0.3, -0.25) is 9.69 Å². The van der Waals surface area contributed by atoms with Crippen LogP contribution in [0.5, 0.6) is 0 Å². The van der Waals surface area contributed by atoms with Crippen LogP contribution in [-0.2, 0) is 0 Å². The van der Waals surface area contributed by atoms with E-state index in [0.717, 1.165) is 35.5 Å². The lowest BCUT2D eigenvalue weighted by Crippen LogP contribution is -2.39. The van der Waals surface area contributed by atoms with Gasteiger partial charge in [-0.25, -0.2) is 9.37 Å². The fourth-order valence-electron chi connectivity index (χ4n) is 3.34. The van der Waals surface area contributed by atoms with Crippen LogP contribution in [0.25, 0.3) is 10.2 Å². The lowest BCUT2D eigenvalue weighted by molar-refractivity contribution is 0.0983. The second kappa shape index (κ2) is 10.1. The predicted octanol–water partition coefficient (Wildman–Crippen LogP) is 5.46. The summed E-state index contributed by atoms with van der Waals surface area (Å²) in [5, 5.41) is 0.538. The Morgan fingerprint density at radius 2 is 1.72 bits per heavy atom. The van der Waals surface area contributed by atoms with Gasteiger partial charge in [0.2, 0.25) is 0 Å². The lowest BCUT2D eigenvalue weighted by Gasteiger charge is -2.25. The second-order valence-corrected chi connectivity index (χ2v) is 7.95. The highest BCUT2D eigenvalue weighted by atomic mass is 35.5. The number of aromatic nitrogens is 1. The number of para-hydroxylation sites is 1. The standard InChI is InChI=1S/C22H26FN3OS.ClH/c1-5-25(6-2)10-11-26(21(27)17-13-15(3)12-16(4)14-17)22-24-20-18(23)8-7-9-19(20)28-22;/h7-9,12-14H,5-6,10-11H2,1-4H3;1H. The zero-order valence-corrected chi connectivity index (χ0v) is 18.9. The van der Waals surface area contributed by atoms with E-state index in [1.807, 2.05) is 38.1 Å². The van der Waals surface area contributed by atoms with Crippen molar-refractivity contribution in [2.45, 2.75) is 27.7 Å². The third-order valence-electron chi connectivity index (χ3n) is 4.84. The molecule has 2 aromatic carbocycles. The number of carbonyl (C=O) groups excluding carboxylic acids is 1. The average Bonchev–Trinajstić information content (AvgIpc) is 3.09. The molecule has 1 aromatic heterocycles. The molecular formula is C22H27ClFN3OS. The topological polar surface area (TPSA) is 36.4 Å². The van der Waals surface area contributed by atoms with Crippen LogP contribution in [0.1, 0.15) is 35.3 Å². The summed E-state index contributed by atoms with van der Waals surface area (Å²) in [6.45, 7) is 11.2. The monoisotopic (exact) mass is 435 g/mol. The highest BCUT2D eigenvalue weighted by molar-refractivity contribution is 7.22. The summed E-state index contributed by atoms with van der Waals surface area (Å²) in [5.74, 6) is -0.457. The second-order valence-electron chi connectivity index (χ2n) is 6.94. The first-order chi connectivity index (χ1) is 13.4. The van der Waals surface area contributed by atoms with E-state index >= 15 is 0 Å². The number of hydrogen-bond acceptors (Lipinski definition) is 4. The number of carbonyl (C=O) groups is 1. The summed E-state index contributed by atoms with van der Waals surface area (Å²) in [6.07, 6.45) is 0. The van der Waals surface area contributed by atoms with Gasteiger partial charge in [0.25, 0.3) is 5.91 Å². The van der Waals surface area contributed by atoms with Crippen LogP contribution in [0.15, 0.2) is 36.4 Å². The van der Waals surface area contributed by atoms with E-state index in [0.29, 0.717) is 22.8 Å². The molecule has 0 atom stereocenters. The number of rotatable bonds is 7. The van der Waals surface area contributed by atoms with Crippen molar-refractivity contribution in [1.82, 2.24) is 9.88 Å². The minimum absolute atomic E-state index is 0. The molecular weight excluding hydrogens is 409 g/mol. The van der Waals surface area contributed by atoms with Crippen LogP contribution in [0.2, 0.25) is 0 Å². The molecule has 29 heavy (non-hydrogen) atoms. The third kappa shape index (κ3) is 5.32. The molecule has 1 amide bonds. The number of amides is 1. The van der Waals surface area contributed by atoms with Crippen LogP contribution >= 0.6 is 23.7 Å². The normalized spacial score (nSPS) is 11.0. The van der Waals surface area contributed by atoms with E-state index in [1.165, 1.54) is 17.4 Å². The molecule has 0 aliphatic carbocycles. The predicted molar refractivity (Wildman–Crippen MR) is 122 cm³/mol. The molecule has 0 fully saturated rings. The Hall–Kier alpha value is -2.02. The fraction of sp³-hybridized carbons (Fsp3) is 0.364. The molecule has 1 heterocycles. The molecule has 156 valence electrons. The van der Waals surface area contributed by atoms with E-state index in [1.54, 1.807) is 11.0 Å². The first-order valence-corrected chi connectivity index (χ1v) is 10.4. The van der Waals surface area contributed by atoms with Crippen LogP contribution < -0.4 is 4.90 Å². The van der Waals surface area contributed by atoms with Crippen molar-refractivity contribution in [3.8, 4) is 0 Å². The Bertz CT molecular complexity index is 967. The number of halogens is 2. The van der Waals surface area contributed by atoms with Gasteiger partial charge in [-0.15, -0.1) is 12.4 Å². The molecule has 0 saturated heterocycles. The van der Waals surface area contributed by atoms with Crippen LogP contribution in [0.3, 0.4) is 0 Å². The van der Waals surface area contributed by atoms with E-state index in [4.69, 9.17) is 0 Å². The van der Waals surface area contributed by atoms with Crippen molar-refractivity contribution < 1.29 is 9.18 Å².